The second-order valence-corrected chi connectivity index (χ2v) is 3.08. The number of H-pyrrole nitrogens is 1. The molecule has 0 saturated heterocycles. The third kappa shape index (κ3) is 1.20. The number of nitrogen functional groups attached to an aromatic ring is 1. The van der Waals surface area contributed by atoms with Crippen LogP contribution in [0, 0.1) is 13.8 Å². The summed E-state index contributed by atoms with van der Waals surface area (Å²) in [4.78, 5) is 0. The Morgan fingerprint density at radius 2 is 1.91 bits per heavy atom. The van der Waals surface area contributed by atoms with Crippen LogP contribution in [0.25, 0.3) is 0 Å². The summed E-state index contributed by atoms with van der Waals surface area (Å²) < 4.78 is 3.69. The predicted octanol–water partition coefficient (Wildman–Crippen LogP) is -0.499. The summed E-state index contributed by atoms with van der Waals surface area (Å²) in [5, 5.41) is 3.17. The number of hydrogen-bond donors (Lipinski definition) is 2. The fourth-order valence-electron chi connectivity index (χ4n) is 1.17. The molecule has 1 aromatic heterocycles. The number of nitrogens with two attached hydrogens (primary N) is 1. The predicted molar refractivity (Wildman–Crippen MR) is 41.2 cm³/mol. The van der Waals surface area contributed by atoms with Crippen LogP contribution in [-0.2, 0) is 0 Å². The maximum absolute atomic E-state index is 5.71. The zero-order chi connectivity index (χ0) is 8.59. The highest BCUT2D eigenvalue weighted by atomic mass is 15.5. The van der Waals surface area contributed by atoms with E-state index in [2.05, 4.69) is 18.9 Å². The first-order valence-electron chi connectivity index (χ1n) is 3.82. The first kappa shape index (κ1) is 8.04. The van der Waals surface area contributed by atoms with Crippen LogP contribution in [0.1, 0.15) is 31.5 Å². The van der Waals surface area contributed by atoms with Gasteiger partial charge in [-0.05, 0) is 9.36 Å². The minimum atomic E-state index is 0.429. The quantitative estimate of drug-likeness (QED) is 0.418. The van der Waals surface area contributed by atoms with E-state index in [-0.39, 0.29) is 0 Å². The van der Waals surface area contributed by atoms with Crippen molar-refractivity contribution in [2.24, 2.45) is 0 Å². The standard InChI is InChI=1S/C7H15N4/c1-5(2)11-7(4)10(8)6(3)9-11/h5H,8H2,1-4H3/q+1/p+1. The first-order chi connectivity index (χ1) is 5.04. The summed E-state index contributed by atoms with van der Waals surface area (Å²) in [5.41, 5.74) is 0. The fraction of sp³-hybridized carbons (Fsp3) is 0.714. The highest BCUT2D eigenvalue weighted by Gasteiger charge is 2.26. The van der Waals surface area contributed by atoms with Crippen LogP contribution in [0.4, 0.5) is 0 Å². The van der Waals surface area contributed by atoms with Crippen LogP contribution in [0.3, 0.4) is 0 Å². The molecule has 4 nitrogen and oxygen atoms in total. The summed E-state index contributed by atoms with van der Waals surface area (Å²) in [6, 6.07) is 0.429. The van der Waals surface area contributed by atoms with E-state index >= 15 is 0 Å². The lowest BCUT2D eigenvalue weighted by Gasteiger charge is -1.89. The molecule has 4 heteroatoms. The van der Waals surface area contributed by atoms with Gasteiger partial charge in [-0.3, -0.25) is 0 Å². The van der Waals surface area contributed by atoms with Gasteiger partial charge in [-0.1, -0.05) is 5.10 Å². The lowest BCUT2D eigenvalue weighted by molar-refractivity contribution is -0.822. The topological polar surface area (TPSA) is 49.6 Å². The van der Waals surface area contributed by atoms with Crippen LogP contribution < -0.4 is 15.2 Å². The summed E-state index contributed by atoms with van der Waals surface area (Å²) >= 11 is 0. The van der Waals surface area contributed by atoms with Crippen LogP contribution in [-0.4, -0.2) is 5.10 Å². The second-order valence-electron chi connectivity index (χ2n) is 3.08. The van der Waals surface area contributed by atoms with E-state index in [1.807, 2.05) is 18.5 Å². The molecule has 11 heavy (non-hydrogen) atoms. The molecule has 1 heterocycles. The number of rotatable bonds is 1. The molecule has 1 aromatic rings. The van der Waals surface area contributed by atoms with Crippen molar-refractivity contribution in [1.29, 1.82) is 0 Å². The number of hydrogen-bond acceptors (Lipinski definition) is 1. The van der Waals surface area contributed by atoms with Crippen molar-refractivity contribution < 1.29 is 9.36 Å². The van der Waals surface area contributed by atoms with Gasteiger partial charge < -0.3 is 0 Å². The zero-order valence-corrected chi connectivity index (χ0v) is 7.55. The van der Waals surface area contributed by atoms with Gasteiger partial charge in [-0.2, -0.15) is 5.84 Å². The maximum atomic E-state index is 5.71. The molecular formula is C7H16N4+2. The van der Waals surface area contributed by atoms with Crippen molar-refractivity contribution >= 4 is 0 Å². The summed E-state index contributed by atoms with van der Waals surface area (Å²) in [5.74, 6) is 7.71. The summed E-state index contributed by atoms with van der Waals surface area (Å²) in [6.45, 7) is 8.17. The Morgan fingerprint density at radius 1 is 1.36 bits per heavy atom. The summed E-state index contributed by atoms with van der Waals surface area (Å²) in [7, 11) is 0. The molecule has 0 aliphatic carbocycles. The lowest BCUT2D eigenvalue weighted by Crippen LogP contribution is -2.53. The van der Waals surface area contributed by atoms with Crippen molar-refractivity contribution in [3.8, 4) is 0 Å². The minimum Gasteiger partial charge on any atom is -0.198 e. The molecule has 0 fully saturated rings. The molecule has 62 valence electrons. The Labute approximate surface area is 66.6 Å². The fourth-order valence-corrected chi connectivity index (χ4v) is 1.17. The Balaban J connectivity index is 3.19. The third-order valence-electron chi connectivity index (χ3n) is 1.86. The van der Waals surface area contributed by atoms with Crippen molar-refractivity contribution in [2.75, 3.05) is 5.84 Å². The molecule has 0 aliphatic rings. The molecule has 0 saturated carbocycles. The van der Waals surface area contributed by atoms with E-state index in [9.17, 15) is 0 Å². The average Bonchev–Trinajstić information content (AvgIpc) is 2.17. The Morgan fingerprint density at radius 3 is 2.09 bits per heavy atom. The Kier molecular flexibility index (Phi) is 1.85. The van der Waals surface area contributed by atoms with Gasteiger partial charge in [0.05, 0.1) is 6.92 Å². The van der Waals surface area contributed by atoms with Crippen LogP contribution >= 0.6 is 0 Å². The van der Waals surface area contributed by atoms with Gasteiger partial charge in [0, 0.05) is 20.8 Å². The molecule has 0 atom stereocenters. The number of aryl methyl sites for hydroxylation is 1. The minimum absolute atomic E-state index is 0.429. The van der Waals surface area contributed by atoms with Crippen molar-refractivity contribution in [3.05, 3.63) is 11.6 Å². The summed E-state index contributed by atoms with van der Waals surface area (Å²) in [6.07, 6.45) is 0. The molecular weight excluding hydrogens is 140 g/mol. The van der Waals surface area contributed by atoms with Gasteiger partial charge in [-0.15, -0.1) is 0 Å². The average molecular weight is 156 g/mol. The molecule has 0 bridgehead atoms. The van der Waals surface area contributed by atoms with Crippen molar-refractivity contribution in [1.82, 2.24) is 5.10 Å². The largest absolute Gasteiger partial charge is 0.468 e. The van der Waals surface area contributed by atoms with E-state index < -0.39 is 0 Å². The van der Waals surface area contributed by atoms with E-state index in [0.717, 1.165) is 11.6 Å². The Hall–Kier alpha value is -1.06. The number of aromatic nitrogens is 3. The van der Waals surface area contributed by atoms with Gasteiger partial charge in [0.1, 0.15) is 0 Å². The number of nitrogens with one attached hydrogen (secondary N) is 1. The Bertz CT molecular complexity index is 262. The van der Waals surface area contributed by atoms with E-state index in [1.54, 1.807) is 4.68 Å². The third-order valence-corrected chi connectivity index (χ3v) is 1.86. The van der Waals surface area contributed by atoms with E-state index in [1.165, 1.54) is 0 Å². The van der Waals surface area contributed by atoms with Gasteiger partial charge in [0.15, 0.2) is 6.04 Å². The molecule has 0 unspecified atom stereocenters. The molecule has 0 spiro atoms. The molecule has 0 aliphatic heterocycles. The van der Waals surface area contributed by atoms with E-state index in [0.29, 0.717) is 6.04 Å². The van der Waals surface area contributed by atoms with Crippen LogP contribution in [0.5, 0.6) is 0 Å². The molecule has 0 radical (unpaired) electrons. The van der Waals surface area contributed by atoms with Crippen molar-refractivity contribution in [2.45, 2.75) is 33.7 Å². The van der Waals surface area contributed by atoms with E-state index in [4.69, 9.17) is 5.84 Å². The SMILES string of the molecule is Cc1[nH][n+](C(C)C)c(C)[n+]1N. The highest BCUT2D eigenvalue weighted by molar-refractivity contribution is 4.62. The second kappa shape index (κ2) is 2.53. The van der Waals surface area contributed by atoms with Gasteiger partial charge >= 0.3 is 11.6 Å². The molecule has 3 N–H and O–H groups in total. The normalized spacial score (nSPS) is 11.0. The van der Waals surface area contributed by atoms with Gasteiger partial charge in [-0.25, -0.2) is 0 Å². The number of nitrogens with zero attached hydrogens (tertiary/aromatic N) is 2. The van der Waals surface area contributed by atoms with Crippen LogP contribution in [0.2, 0.25) is 0 Å². The smallest absolute Gasteiger partial charge is 0.198 e. The monoisotopic (exact) mass is 156 g/mol. The first-order valence-corrected chi connectivity index (χ1v) is 3.82. The van der Waals surface area contributed by atoms with Crippen molar-refractivity contribution in [3.63, 3.8) is 0 Å². The van der Waals surface area contributed by atoms with Gasteiger partial charge in [0.25, 0.3) is 0 Å². The lowest BCUT2D eigenvalue weighted by atomic mass is 10.4. The number of aromatic amines is 1. The maximum Gasteiger partial charge on any atom is 0.468 e. The highest BCUT2D eigenvalue weighted by Crippen LogP contribution is 1.90. The zero-order valence-electron chi connectivity index (χ0n) is 7.55. The molecule has 0 aromatic carbocycles. The molecule has 0 amide bonds. The molecule has 1 rings (SSSR count). The van der Waals surface area contributed by atoms with Gasteiger partial charge in [0.2, 0.25) is 0 Å². The van der Waals surface area contributed by atoms with Crippen LogP contribution in [0.15, 0.2) is 0 Å².